The van der Waals surface area contributed by atoms with Crippen LogP contribution in [0.2, 0.25) is 0 Å². The minimum Gasteiger partial charge on any atom is -0.493 e. The summed E-state index contributed by atoms with van der Waals surface area (Å²) in [6.45, 7) is 2.94. The normalized spacial score (nSPS) is 11.4. The van der Waals surface area contributed by atoms with Gasteiger partial charge in [-0.1, -0.05) is 56.3 Å². The molecule has 22 heteroatoms. The number of tetrazole rings is 1. The third-order valence-electron chi connectivity index (χ3n) is 7.89. The van der Waals surface area contributed by atoms with Crippen LogP contribution in [0.5, 0.6) is 23.1 Å². The molecule has 6 aromatic rings. The first kappa shape index (κ1) is 40.8. The minimum absolute atomic E-state index is 0.0297. The predicted molar refractivity (Wildman–Crippen MR) is 199 cm³/mol. The number of H-pyrrole nitrogens is 1. The van der Waals surface area contributed by atoms with Gasteiger partial charge in [-0.25, -0.2) is 24.7 Å². The highest BCUT2D eigenvalue weighted by Crippen LogP contribution is 2.42. The lowest BCUT2D eigenvalue weighted by Gasteiger charge is -2.18. The lowest BCUT2D eigenvalue weighted by atomic mass is 10.1. The fourth-order valence-electron chi connectivity index (χ4n) is 5.06. The standard InChI is InChI=1S/C36H36N10O11S/c1-22(2)26-11-12-30(38-19-26)58(50,51)43-34-31(57-29-10-5-4-9-28(29)52-3)35(40-32(39-34)25-13-14-37-27(18-25)33-41-44-45-42-33)53-15-16-54-36(47)55-20-23-7-6-8-24(17-23)21-56-46(48)49/h4-14,17-19,22,48-49H,15-16,20-21H2,1-3H3,(H,39,40,43)(H,41,42,44,45). The number of carbonyl (C=O) groups is 1. The van der Waals surface area contributed by atoms with Gasteiger partial charge in [-0.3, -0.25) is 20.1 Å². The zero-order chi connectivity index (χ0) is 41.1. The van der Waals surface area contributed by atoms with Crippen molar-refractivity contribution in [1.29, 1.82) is 0 Å². The summed E-state index contributed by atoms with van der Waals surface area (Å²) in [5, 5.41) is 30.6. The molecule has 0 aliphatic carbocycles. The highest BCUT2D eigenvalue weighted by atomic mass is 32.2. The van der Waals surface area contributed by atoms with Crippen molar-refractivity contribution in [2.75, 3.05) is 25.0 Å². The summed E-state index contributed by atoms with van der Waals surface area (Å²) < 4.78 is 58.4. The van der Waals surface area contributed by atoms with Gasteiger partial charge in [-0.2, -0.15) is 13.4 Å². The van der Waals surface area contributed by atoms with Gasteiger partial charge in [0.15, 0.2) is 34.0 Å². The van der Waals surface area contributed by atoms with E-state index in [1.165, 1.54) is 25.6 Å². The molecule has 0 amide bonds. The van der Waals surface area contributed by atoms with E-state index in [2.05, 4.69) is 50.1 Å². The van der Waals surface area contributed by atoms with E-state index < -0.39 is 21.6 Å². The molecule has 58 heavy (non-hydrogen) atoms. The van der Waals surface area contributed by atoms with Gasteiger partial charge in [0.25, 0.3) is 15.9 Å². The van der Waals surface area contributed by atoms with Crippen LogP contribution in [0.3, 0.4) is 0 Å². The summed E-state index contributed by atoms with van der Waals surface area (Å²) in [7, 11) is -2.97. The zero-order valence-corrected chi connectivity index (χ0v) is 31.9. The molecule has 0 bridgehead atoms. The van der Waals surface area contributed by atoms with Crippen LogP contribution in [0.4, 0.5) is 10.6 Å². The largest absolute Gasteiger partial charge is 0.508 e. The number of aromatic nitrogens is 8. The molecule has 4 heterocycles. The Morgan fingerprint density at radius 2 is 1.71 bits per heavy atom. The number of nitrogens with zero attached hydrogens (tertiary/aromatic N) is 8. The third-order valence-corrected chi connectivity index (χ3v) is 9.14. The molecule has 4 aromatic heterocycles. The highest BCUT2D eigenvalue weighted by Gasteiger charge is 2.27. The summed E-state index contributed by atoms with van der Waals surface area (Å²) in [6.07, 6.45) is 1.91. The number of sulfonamides is 1. The average molecular weight is 817 g/mol. The maximum atomic E-state index is 13.9. The topological polar surface area (TPSA) is 268 Å². The van der Waals surface area contributed by atoms with Crippen LogP contribution >= 0.6 is 0 Å². The smallest absolute Gasteiger partial charge is 0.493 e. The van der Waals surface area contributed by atoms with Gasteiger partial charge in [0.1, 0.15) is 25.5 Å². The van der Waals surface area contributed by atoms with Gasteiger partial charge in [-0.15, -0.1) is 5.10 Å². The van der Waals surface area contributed by atoms with Gasteiger partial charge in [0.2, 0.25) is 5.75 Å². The van der Waals surface area contributed by atoms with Gasteiger partial charge >= 0.3 is 6.16 Å². The number of anilines is 1. The van der Waals surface area contributed by atoms with Crippen LogP contribution in [0.25, 0.3) is 22.9 Å². The second kappa shape index (κ2) is 18.9. The summed E-state index contributed by atoms with van der Waals surface area (Å²) in [5.74, 6) is -0.0661. The molecule has 0 radical (unpaired) electrons. The van der Waals surface area contributed by atoms with E-state index in [0.717, 1.165) is 5.56 Å². The van der Waals surface area contributed by atoms with Crippen molar-refractivity contribution in [2.24, 2.45) is 0 Å². The first-order valence-electron chi connectivity index (χ1n) is 17.2. The number of pyridine rings is 2. The van der Waals surface area contributed by atoms with E-state index in [9.17, 15) is 13.2 Å². The van der Waals surface area contributed by atoms with Crippen molar-refractivity contribution < 1.29 is 52.1 Å². The molecule has 0 aliphatic rings. The van der Waals surface area contributed by atoms with Crippen LogP contribution in [0.15, 0.2) is 90.2 Å². The molecule has 21 nitrogen and oxygen atoms in total. The Balaban J connectivity index is 1.30. The number of para-hydroxylation sites is 2. The van der Waals surface area contributed by atoms with E-state index in [-0.39, 0.29) is 72.2 Å². The first-order chi connectivity index (χ1) is 28.0. The lowest BCUT2D eigenvalue weighted by Crippen LogP contribution is -2.18. The van der Waals surface area contributed by atoms with Crippen LogP contribution in [-0.2, 0) is 37.5 Å². The quantitative estimate of drug-likeness (QED) is 0.0500. The number of carbonyl (C=O) groups excluding carboxylic acids is 1. The Morgan fingerprint density at radius 1 is 0.914 bits per heavy atom. The fourth-order valence-corrected chi connectivity index (χ4v) is 5.99. The predicted octanol–water partition coefficient (Wildman–Crippen LogP) is 5.08. The lowest BCUT2D eigenvalue weighted by molar-refractivity contribution is -0.497. The summed E-state index contributed by atoms with van der Waals surface area (Å²) >= 11 is 0. The van der Waals surface area contributed by atoms with E-state index in [0.29, 0.717) is 28.1 Å². The Labute approximate surface area is 330 Å². The summed E-state index contributed by atoms with van der Waals surface area (Å²) in [6, 6.07) is 19.4. The van der Waals surface area contributed by atoms with Crippen LogP contribution in [0, 0.1) is 0 Å². The van der Waals surface area contributed by atoms with Crippen molar-refractivity contribution in [3.8, 4) is 46.0 Å². The molecule has 0 spiro atoms. The Bertz CT molecular complexity index is 2420. The molecule has 0 fully saturated rings. The number of nitrogens with one attached hydrogen (secondary N) is 2. The SMILES string of the molecule is COc1ccccc1Oc1c(NS(=O)(=O)c2ccc(C(C)C)cn2)nc(-c2ccnc(-c3nnn[nH]3)c2)nc1OCCOC(=O)OCc1cccc(CON(O)O)c1. The van der Waals surface area contributed by atoms with E-state index in [1.54, 1.807) is 66.7 Å². The molecule has 0 saturated heterocycles. The third kappa shape index (κ3) is 10.7. The molecule has 0 atom stereocenters. The summed E-state index contributed by atoms with van der Waals surface area (Å²) in [5.41, 5.74) is 2.66. The number of ether oxygens (including phenoxy) is 5. The van der Waals surface area contributed by atoms with Crippen molar-refractivity contribution in [1.82, 2.24) is 45.9 Å². The average Bonchev–Trinajstić information content (AvgIpc) is 3.78. The first-order valence-corrected chi connectivity index (χ1v) is 18.7. The van der Waals surface area contributed by atoms with E-state index >= 15 is 0 Å². The molecule has 4 N–H and O–H groups in total. The number of hydrogen-bond acceptors (Lipinski definition) is 19. The van der Waals surface area contributed by atoms with Gasteiger partial charge < -0.3 is 23.7 Å². The second-order valence-corrected chi connectivity index (χ2v) is 13.9. The van der Waals surface area contributed by atoms with E-state index in [4.69, 9.17) is 34.1 Å². The second-order valence-electron chi connectivity index (χ2n) is 12.2. The van der Waals surface area contributed by atoms with Crippen molar-refractivity contribution in [2.45, 2.75) is 38.0 Å². The number of rotatable bonds is 18. The van der Waals surface area contributed by atoms with Crippen molar-refractivity contribution in [3.05, 3.63) is 102 Å². The zero-order valence-electron chi connectivity index (χ0n) is 31.0. The summed E-state index contributed by atoms with van der Waals surface area (Å²) in [4.78, 5) is 34.7. The fraction of sp³-hybridized carbons (Fsp3) is 0.222. The molecule has 0 unspecified atom stereocenters. The maximum Gasteiger partial charge on any atom is 0.508 e. The maximum absolute atomic E-state index is 13.9. The van der Waals surface area contributed by atoms with Crippen LogP contribution < -0.4 is 18.9 Å². The van der Waals surface area contributed by atoms with Gasteiger partial charge in [-0.05, 0) is 63.4 Å². The number of aromatic amines is 1. The van der Waals surface area contributed by atoms with Gasteiger partial charge in [0.05, 0.1) is 19.1 Å². The molecule has 2 aromatic carbocycles. The highest BCUT2D eigenvalue weighted by molar-refractivity contribution is 7.92. The molecule has 302 valence electrons. The monoisotopic (exact) mass is 816 g/mol. The number of hydrogen-bond donors (Lipinski definition) is 4. The molecule has 6 rings (SSSR count). The Hall–Kier alpha value is -6.85. The molecular weight excluding hydrogens is 781 g/mol. The number of methoxy groups -OCH3 is 1. The van der Waals surface area contributed by atoms with Crippen LogP contribution in [0.1, 0.15) is 36.5 Å². The minimum atomic E-state index is -4.40. The Morgan fingerprint density at radius 3 is 2.41 bits per heavy atom. The molecule has 0 saturated carbocycles. The van der Waals surface area contributed by atoms with Crippen molar-refractivity contribution in [3.63, 3.8) is 0 Å². The molecule has 0 aliphatic heterocycles. The number of benzene rings is 2. The molecular formula is C36H36N10O11S. The Kier molecular flexibility index (Phi) is 13.3. The van der Waals surface area contributed by atoms with Crippen LogP contribution in [-0.4, -0.2) is 91.3 Å². The van der Waals surface area contributed by atoms with E-state index in [1.807, 2.05) is 13.8 Å². The van der Waals surface area contributed by atoms with Crippen molar-refractivity contribution >= 4 is 22.0 Å². The van der Waals surface area contributed by atoms with Gasteiger partial charge in [0, 0.05) is 18.0 Å².